The van der Waals surface area contributed by atoms with E-state index in [-0.39, 0.29) is 0 Å². The van der Waals surface area contributed by atoms with Gasteiger partial charge in [-0.15, -0.1) is 10.2 Å². The van der Waals surface area contributed by atoms with Crippen LogP contribution in [-0.4, -0.2) is 29.3 Å². The van der Waals surface area contributed by atoms with Crippen molar-refractivity contribution >= 4 is 5.82 Å². The van der Waals surface area contributed by atoms with Crippen LogP contribution in [0.5, 0.6) is 0 Å². The Morgan fingerprint density at radius 1 is 1.15 bits per heavy atom. The van der Waals surface area contributed by atoms with Crippen molar-refractivity contribution in [3.8, 4) is 11.3 Å². The molecule has 1 atom stereocenters. The minimum atomic E-state index is 0.412. The van der Waals surface area contributed by atoms with Gasteiger partial charge in [0.15, 0.2) is 5.82 Å². The Morgan fingerprint density at radius 3 is 2.60 bits per heavy atom. The van der Waals surface area contributed by atoms with E-state index in [1.807, 2.05) is 6.07 Å². The van der Waals surface area contributed by atoms with Crippen molar-refractivity contribution in [3.05, 3.63) is 42.0 Å². The summed E-state index contributed by atoms with van der Waals surface area (Å²) < 4.78 is 0. The molecule has 0 saturated carbocycles. The minimum Gasteiger partial charge on any atom is -0.351 e. The molecule has 4 nitrogen and oxygen atoms in total. The predicted octanol–water partition coefficient (Wildman–Crippen LogP) is 2.38. The normalized spacial score (nSPS) is 18.5. The molecular formula is C16H20N4. The predicted molar refractivity (Wildman–Crippen MR) is 81.6 cm³/mol. The van der Waals surface area contributed by atoms with Crippen molar-refractivity contribution in [3.63, 3.8) is 0 Å². The van der Waals surface area contributed by atoms with E-state index in [0.29, 0.717) is 12.6 Å². The highest BCUT2D eigenvalue weighted by Gasteiger charge is 2.24. The Hall–Kier alpha value is -1.94. The van der Waals surface area contributed by atoms with E-state index in [9.17, 15) is 0 Å². The maximum Gasteiger partial charge on any atom is 0.151 e. The molecule has 1 fully saturated rings. The van der Waals surface area contributed by atoms with E-state index in [4.69, 9.17) is 5.73 Å². The van der Waals surface area contributed by atoms with Crippen molar-refractivity contribution in [2.45, 2.75) is 25.8 Å². The summed E-state index contributed by atoms with van der Waals surface area (Å²) in [4.78, 5) is 2.27. The van der Waals surface area contributed by atoms with Gasteiger partial charge in [-0.1, -0.05) is 29.8 Å². The largest absolute Gasteiger partial charge is 0.351 e. The number of anilines is 1. The van der Waals surface area contributed by atoms with Gasteiger partial charge in [-0.05, 0) is 31.9 Å². The first-order valence-electron chi connectivity index (χ1n) is 7.15. The van der Waals surface area contributed by atoms with Gasteiger partial charge < -0.3 is 10.6 Å². The monoisotopic (exact) mass is 268 g/mol. The van der Waals surface area contributed by atoms with Gasteiger partial charge in [0.2, 0.25) is 0 Å². The maximum absolute atomic E-state index is 5.81. The lowest BCUT2D eigenvalue weighted by atomic mass is 10.1. The lowest BCUT2D eigenvalue weighted by Gasteiger charge is -2.23. The fourth-order valence-electron chi connectivity index (χ4n) is 2.74. The van der Waals surface area contributed by atoms with Crippen LogP contribution in [0.4, 0.5) is 5.82 Å². The van der Waals surface area contributed by atoms with Crippen LogP contribution < -0.4 is 10.6 Å². The number of aromatic nitrogens is 2. The van der Waals surface area contributed by atoms with Crippen LogP contribution in [0.2, 0.25) is 0 Å². The molecule has 1 aromatic heterocycles. The van der Waals surface area contributed by atoms with Crippen molar-refractivity contribution < 1.29 is 0 Å². The van der Waals surface area contributed by atoms with Gasteiger partial charge in [0.05, 0.1) is 5.69 Å². The average Bonchev–Trinajstić information content (AvgIpc) is 2.97. The summed E-state index contributed by atoms with van der Waals surface area (Å²) in [6, 6.07) is 12.9. The molecule has 104 valence electrons. The highest BCUT2D eigenvalue weighted by atomic mass is 15.3. The van der Waals surface area contributed by atoms with Gasteiger partial charge in [0.25, 0.3) is 0 Å². The summed E-state index contributed by atoms with van der Waals surface area (Å²) >= 11 is 0. The molecule has 4 heteroatoms. The maximum atomic E-state index is 5.81. The smallest absolute Gasteiger partial charge is 0.151 e. The molecule has 0 spiro atoms. The van der Waals surface area contributed by atoms with Gasteiger partial charge in [-0.25, -0.2) is 0 Å². The Bertz CT molecular complexity index is 562. The zero-order valence-corrected chi connectivity index (χ0v) is 11.8. The zero-order valence-electron chi connectivity index (χ0n) is 11.8. The molecule has 0 bridgehead atoms. The molecule has 20 heavy (non-hydrogen) atoms. The number of nitrogens with zero attached hydrogens (tertiary/aromatic N) is 3. The van der Waals surface area contributed by atoms with E-state index in [1.165, 1.54) is 12.0 Å². The van der Waals surface area contributed by atoms with Crippen LogP contribution in [-0.2, 0) is 0 Å². The lowest BCUT2D eigenvalue weighted by Crippen LogP contribution is -2.36. The molecule has 2 aromatic rings. The van der Waals surface area contributed by atoms with Crippen molar-refractivity contribution in [1.29, 1.82) is 0 Å². The van der Waals surface area contributed by atoms with Crippen LogP contribution in [0.3, 0.4) is 0 Å². The second-order valence-corrected chi connectivity index (χ2v) is 5.37. The van der Waals surface area contributed by atoms with Crippen LogP contribution in [0.25, 0.3) is 11.3 Å². The van der Waals surface area contributed by atoms with E-state index in [1.54, 1.807) is 0 Å². The molecule has 1 unspecified atom stereocenters. The third-order valence-electron chi connectivity index (χ3n) is 3.94. The Morgan fingerprint density at radius 2 is 1.95 bits per heavy atom. The molecule has 1 saturated heterocycles. The first-order chi connectivity index (χ1) is 9.78. The molecule has 0 aliphatic carbocycles. The molecule has 3 rings (SSSR count). The van der Waals surface area contributed by atoms with Crippen LogP contribution in [0.1, 0.15) is 18.4 Å². The summed E-state index contributed by atoms with van der Waals surface area (Å²) in [6.07, 6.45) is 2.33. The summed E-state index contributed by atoms with van der Waals surface area (Å²) in [7, 11) is 0. The van der Waals surface area contributed by atoms with Gasteiger partial charge in [0.1, 0.15) is 0 Å². The average molecular weight is 268 g/mol. The topological polar surface area (TPSA) is 55.0 Å². The third-order valence-corrected chi connectivity index (χ3v) is 3.94. The fraction of sp³-hybridized carbons (Fsp3) is 0.375. The Balaban J connectivity index is 1.82. The number of aryl methyl sites for hydroxylation is 1. The van der Waals surface area contributed by atoms with Crippen LogP contribution in [0, 0.1) is 6.92 Å². The van der Waals surface area contributed by atoms with Gasteiger partial charge >= 0.3 is 0 Å². The van der Waals surface area contributed by atoms with Gasteiger partial charge in [0, 0.05) is 24.7 Å². The zero-order chi connectivity index (χ0) is 13.9. The van der Waals surface area contributed by atoms with E-state index >= 15 is 0 Å². The summed E-state index contributed by atoms with van der Waals surface area (Å²) in [5.41, 5.74) is 9.08. The molecule has 0 radical (unpaired) electrons. The number of benzene rings is 1. The van der Waals surface area contributed by atoms with E-state index in [0.717, 1.165) is 30.0 Å². The molecule has 2 N–H and O–H groups in total. The minimum absolute atomic E-state index is 0.412. The van der Waals surface area contributed by atoms with Crippen LogP contribution >= 0.6 is 0 Å². The van der Waals surface area contributed by atoms with Gasteiger partial charge in [-0.2, -0.15) is 0 Å². The van der Waals surface area contributed by atoms with Crippen molar-refractivity contribution in [2.75, 3.05) is 18.0 Å². The van der Waals surface area contributed by atoms with Crippen molar-refractivity contribution in [2.24, 2.45) is 5.73 Å². The highest BCUT2D eigenvalue weighted by Crippen LogP contribution is 2.24. The van der Waals surface area contributed by atoms with Crippen molar-refractivity contribution in [1.82, 2.24) is 10.2 Å². The molecule has 2 heterocycles. The third kappa shape index (κ3) is 2.51. The number of rotatable bonds is 3. The molecular weight excluding hydrogens is 248 g/mol. The molecule has 0 amide bonds. The number of nitrogens with two attached hydrogens (primary N) is 1. The van der Waals surface area contributed by atoms with E-state index < -0.39 is 0 Å². The summed E-state index contributed by atoms with van der Waals surface area (Å²) in [5, 5.41) is 8.74. The standard InChI is InChI=1S/C16H20N4/c1-12-4-6-13(7-5-12)15-8-9-16(19-18-15)20-10-2-3-14(20)11-17/h4-9,14H,2-3,10-11,17H2,1H3. The highest BCUT2D eigenvalue weighted by molar-refractivity contribution is 5.60. The van der Waals surface area contributed by atoms with Gasteiger partial charge in [-0.3, -0.25) is 0 Å². The first-order valence-corrected chi connectivity index (χ1v) is 7.15. The summed E-state index contributed by atoms with van der Waals surface area (Å²) in [5.74, 6) is 0.939. The summed E-state index contributed by atoms with van der Waals surface area (Å²) in [6.45, 7) is 3.79. The molecule has 1 aliphatic heterocycles. The Kier molecular flexibility index (Phi) is 3.65. The number of hydrogen-bond acceptors (Lipinski definition) is 4. The van der Waals surface area contributed by atoms with Crippen LogP contribution in [0.15, 0.2) is 36.4 Å². The molecule has 1 aromatic carbocycles. The lowest BCUT2D eigenvalue weighted by molar-refractivity contribution is 0.668. The second kappa shape index (κ2) is 5.59. The van der Waals surface area contributed by atoms with E-state index in [2.05, 4.69) is 52.4 Å². The second-order valence-electron chi connectivity index (χ2n) is 5.37. The SMILES string of the molecule is Cc1ccc(-c2ccc(N3CCCC3CN)nn2)cc1. The molecule has 1 aliphatic rings. The fourth-order valence-corrected chi connectivity index (χ4v) is 2.74. The number of hydrogen-bond donors (Lipinski definition) is 1. The Labute approximate surface area is 119 Å². The quantitative estimate of drug-likeness (QED) is 0.928. The first kappa shape index (κ1) is 13.1.